The molecule has 3 rings (SSSR count). The number of hydrogen-bond donors (Lipinski definition) is 0. The fraction of sp³-hybridized carbons (Fsp3) is 0.350. The minimum atomic E-state index is 0.0132. The average molecular weight is 310 g/mol. The molecule has 0 saturated carbocycles. The van der Waals surface area contributed by atoms with Crippen LogP contribution in [0.4, 0.5) is 0 Å². The van der Waals surface area contributed by atoms with Crippen molar-refractivity contribution < 1.29 is 14.3 Å². The molecule has 120 valence electrons. The lowest BCUT2D eigenvalue weighted by atomic mass is 9.99. The summed E-state index contributed by atoms with van der Waals surface area (Å²) >= 11 is 0. The number of Topliss-reactive ketones (excluding diaryl/α,β-unsaturated/α-hetero) is 1. The Kier molecular flexibility index (Phi) is 5.56. The summed E-state index contributed by atoms with van der Waals surface area (Å²) in [7, 11) is 0. The van der Waals surface area contributed by atoms with E-state index >= 15 is 0 Å². The summed E-state index contributed by atoms with van der Waals surface area (Å²) in [5.41, 5.74) is 1.94. The number of carbonyl (C=O) groups excluding carboxylic acids is 1. The third-order valence-electron chi connectivity index (χ3n) is 4.17. The van der Waals surface area contributed by atoms with Crippen molar-refractivity contribution in [3.05, 3.63) is 71.8 Å². The molecule has 2 atom stereocenters. The van der Waals surface area contributed by atoms with Crippen LogP contribution < -0.4 is 0 Å². The Balaban J connectivity index is 1.41. The highest BCUT2D eigenvalue weighted by Gasteiger charge is 2.24. The molecule has 1 aliphatic rings. The van der Waals surface area contributed by atoms with E-state index in [-0.39, 0.29) is 18.0 Å². The quantitative estimate of drug-likeness (QED) is 0.756. The normalized spacial score (nSPS) is 21.0. The van der Waals surface area contributed by atoms with Crippen molar-refractivity contribution in [1.82, 2.24) is 0 Å². The van der Waals surface area contributed by atoms with Gasteiger partial charge in [-0.2, -0.15) is 0 Å². The average Bonchev–Trinajstić information content (AvgIpc) is 2.63. The predicted molar refractivity (Wildman–Crippen MR) is 89.4 cm³/mol. The molecule has 0 aromatic heterocycles. The van der Waals surface area contributed by atoms with Gasteiger partial charge in [0, 0.05) is 12.0 Å². The zero-order chi connectivity index (χ0) is 15.9. The SMILES string of the molecule is O=C(C[C@H]1CC[C@H](OCc2ccccc2)CO1)c1ccccc1. The number of benzene rings is 2. The molecule has 23 heavy (non-hydrogen) atoms. The number of rotatable bonds is 6. The van der Waals surface area contributed by atoms with Gasteiger partial charge in [-0.05, 0) is 18.4 Å². The first-order valence-electron chi connectivity index (χ1n) is 8.16. The van der Waals surface area contributed by atoms with Crippen LogP contribution in [0.25, 0.3) is 0 Å². The second-order valence-electron chi connectivity index (χ2n) is 5.94. The lowest BCUT2D eigenvalue weighted by molar-refractivity contribution is -0.0897. The Morgan fingerprint density at radius 2 is 1.70 bits per heavy atom. The molecule has 2 aromatic carbocycles. The van der Waals surface area contributed by atoms with Gasteiger partial charge in [0.25, 0.3) is 0 Å². The van der Waals surface area contributed by atoms with Gasteiger partial charge in [0.2, 0.25) is 0 Å². The Bertz CT molecular complexity index is 601. The van der Waals surface area contributed by atoms with E-state index in [1.807, 2.05) is 48.5 Å². The van der Waals surface area contributed by atoms with Gasteiger partial charge in [0.05, 0.1) is 25.4 Å². The minimum absolute atomic E-state index is 0.0132. The van der Waals surface area contributed by atoms with Crippen molar-refractivity contribution in [2.24, 2.45) is 0 Å². The summed E-state index contributed by atoms with van der Waals surface area (Å²) in [6, 6.07) is 19.6. The molecule has 0 aliphatic carbocycles. The van der Waals surface area contributed by atoms with E-state index in [0.717, 1.165) is 18.4 Å². The highest BCUT2D eigenvalue weighted by molar-refractivity contribution is 5.96. The van der Waals surface area contributed by atoms with Crippen LogP contribution in [0.15, 0.2) is 60.7 Å². The van der Waals surface area contributed by atoms with Gasteiger partial charge in [0.15, 0.2) is 5.78 Å². The third kappa shape index (κ3) is 4.75. The predicted octanol–water partition coefficient (Wildman–Crippen LogP) is 4.02. The van der Waals surface area contributed by atoms with Crippen molar-refractivity contribution in [2.45, 2.75) is 38.1 Å². The first-order chi connectivity index (χ1) is 11.3. The fourth-order valence-corrected chi connectivity index (χ4v) is 2.81. The first-order valence-corrected chi connectivity index (χ1v) is 8.16. The Labute approximate surface area is 137 Å². The minimum Gasteiger partial charge on any atom is -0.375 e. The van der Waals surface area contributed by atoms with Crippen molar-refractivity contribution in [3.63, 3.8) is 0 Å². The topological polar surface area (TPSA) is 35.5 Å². The second kappa shape index (κ2) is 8.04. The maximum atomic E-state index is 12.2. The van der Waals surface area contributed by atoms with Crippen LogP contribution >= 0.6 is 0 Å². The molecule has 1 heterocycles. The van der Waals surface area contributed by atoms with Crippen LogP contribution in [-0.4, -0.2) is 24.6 Å². The van der Waals surface area contributed by atoms with Gasteiger partial charge in [-0.3, -0.25) is 4.79 Å². The van der Waals surface area contributed by atoms with Crippen molar-refractivity contribution in [3.8, 4) is 0 Å². The van der Waals surface area contributed by atoms with E-state index in [4.69, 9.17) is 9.47 Å². The van der Waals surface area contributed by atoms with Crippen LogP contribution in [0.5, 0.6) is 0 Å². The van der Waals surface area contributed by atoms with E-state index in [2.05, 4.69) is 12.1 Å². The Morgan fingerprint density at radius 1 is 1.00 bits per heavy atom. The highest BCUT2D eigenvalue weighted by atomic mass is 16.5. The van der Waals surface area contributed by atoms with Crippen LogP contribution in [-0.2, 0) is 16.1 Å². The van der Waals surface area contributed by atoms with E-state index in [0.29, 0.717) is 19.6 Å². The van der Waals surface area contributed by atoms with Crippen LogP contribution in [0, 0.1) is 0 Å². The van der Waals surface area contributed by atoms with Gasteiger partial charge in [-0.25, -0.2) is 0 Å². The molecule has 1 saturated heterocycles. The summed E-state index contributed by atoms with van der Waals surface area (Å²) in [6.45, 7) is 1.18. The molecular weight excluding hydrogens is 288 g/mol. The Morgan fingerprint density at radius 3 is 2.35 bits per heavy atom. The van der Waals surface area contributed by atoms with Gasteiger partial charge in [-0.1, -0.05) is 60.7 Å². The highest BCUT2D eigenvalue weighted by Crippen LogP contribution is 2.21. The summed E-state index contributed by atoms with van der Waals surface area (Å²) in [6.07, 6.45) is 2.41. The first kappa shape index (κ1) is 15.9. The number of ether oxygens (including phenoxy) is 2. The van der Waals surface area contributed by atoms with Gasteiger partial charge >= 0.3 is 0 Å². The molecule has 0 amide bonds. The van der Waals surface area contributed by atoms with Gasteiger partial charge in [-0.15, -0.1) is 0 Å². The van der Waals surface area contributed by atoms with Gasteiger partial charge in [0.1, 0.15) is 0 Å². The summed E-state index contributed by atoms with van der Waals surface area (Å²) < 4.78 is 11.7. The third-order valence-corrected chi connectivity index (χ3v) is 4.17. The fourth-order valence-electron chi connectivity index (χ4n) is 2.81. The smallest absolute Gasteiger partial charge is 0.165 e. The van der Waals surface area contributed by atoms with E-state index < -0.39 is 0 Å². The maximum absolute atomic E-state index is 12.2. The number of carbonyl (C=O) groups is 1. The second-order valence-corrected chi connectivity index (χ2v) is 5.94. The molecule has 2 aromatic rings. The molecule has 1 aliphatic heterocycles. The van der Waals surface area contributed by atoms with Crippen molar-refractivity contribution >= 4 is 5.78 Å². The van der Waals surface area contributed by atoms with Crippen LogP contribution in [0.2, 0.25) is 0 Å². The van der Waals surface area contributed by atoms with Crippen molar-refractivity contribution in [2.75, 3.05) is 6.61 Å². The molecule has 0 unspecified atom stereocenters. The number of ketones is 1. The van der Waals surface area contributed by atoms with Crippen LogP contribution in [0.1, 0.15) is 35.2 Å². The standard InChI is InChI=1S/C20H22O3/c21-20(17-9-5-2-6-10-17)13-18-11-12-19(15-23-18)22-14-16-7-3-1-4-8-16/h1-10,18-19H,11-15H2/t18-,19+/m1/s1. The monoisotopic (exact) mass is 310 g/mol. The molecule has 3 nitrogen and oxygen atoms in total. The van der Waals surface area contributed by atoms with Crippen molar-refractivity contribution in [1.29, 1.82) is 0 Å². The molecule has 0 bridgehead atoms. The lowest BCUT2D eigenvalue weighted by Crippen LogP contribution is -2.32. The Hall–Kier alpha value is -1.97. The van der Waals surface area contributed by atoms with Gasteiger partial charge < -0.3 is 9.47 Å². The lowest BCUT2D eigenvalue weighted by Gasteiger charge is -2.28. The van der Waals surface area contributed by atoms with E-state index in [9.17, 15) is 4.79 Å². The van der Waals surface area contributed by atoms with E-state index in [1.54, 1.807) is 0 Å². The molecule has 1 fully saturated rings. The molecule has 0 spiro atoms. The molecule has 3 heteroatoms. The maximum Gasteiger partial charge on any atom is 0.165 e. The summed E-state index contributed by atoms with van der Waals surface area (Å²) in [4.78, 5) is 12.2. The van der Waals surface area contributed by atoms with Crippen LogP contribution in [0.3, 0.4) is 0 Å². The van der Waals surface area contributed by atoms with E-state index in [1.165, 1.54) is 5.56 Å². The summed E-state index contributed by atoms with van der Waals surface area (Å²) in [5.74, 6) is 0.152. The summed E-state index contributed by atoms with van der Waals surface area (Å²) in [5, 5.41) is 0. The zero-order valence-electron chi connectivity index (χ0n) is 13.2. The largest absolute Gasteiger partial charge is 0.375 e. The zero-order valence-corrected chi connectivity index (χ0v) is 13.2. The molecular formula is C20H22O3. The number of hydrogen-bond acceptors (Lipinski definition) is 3. The molecule has 0 radical (unpaired) electrons. The molecule has 0 N–H and O–H groups in total.